The molecule has 298 valence electrons. The summed E-state index contributed by atoms with van der Waals surface area (Å²) in [6, 6.07) is 2.25. The SMILES string of the molecule is [2H]c1c(N(c2c([2H])c([2H])c(-c3ccc4c(c3)c3ccccc3n4-c3cccc4ccccc34)c([2H])c2[2H])c2c([2H])c([2H])c(-c3c([2H])c([2H])c([2H])c([2H])c3-c3c([2H])c([2H])c([2H])c([2H])c3[2H])c([2H])c2[2H])cc2c(c1[2H])-c1c([2H])c([2H])c([2H])c([2H])c1C2(C([2H])([2H])[2H])C([2H])([2H])[2H]. The largest absolute Gasteiger partial charge is 0.310 e. The Morgan fingerprint density at radius 2 is 1.00 bits per heavy atom. The van der Waals surface area contributed by atoms with E-state index in [1.807, 2.05) is 71.3 Å². The van der Waals surface area contributed by atoms with Gasteiger partial charge in [0.25, 0.3) is 0 Å². The van der Waals surface area contributed by atoms with Gasteiger partial charge in [-0.1, -0.05) is 183 Å². The molecule has 0 bridgehead atoms. The van der Waals surface area contributed by atoms with Crippen molar-refractivity contribution in [3.63, 3.8) is 0 Å². The number of hydrogen-bond donors (Lipinski definition) is 0. The van der Waals surface area contributed by atoms with Gasteiger partial charge in [-0.25, -0.2) is 0 Å². The van der Waals surface area contributed by atoms with Crippen molar-refractivity contribution in [1.82, 2.24) is 4.57 Å². The lowest BCUT2D eigenvalue weighted by molar-refractivity contribution is 0.660. The highest BCUT2D eigenvalue weighted by molar-refractivity contribution is 6.11. The lowest BCUT2D eigenvalue weighted by Crippen LogP contribution is -2.16. The summed E-state index contributed by atoms with van der Waals surface area (Å²) in [5.41, 5.74) is -11.8. The smallest absolute Gasteiger partial charge is 0.0645 e. The van der Waals surface area contributed by atoms with Crippen LogP contribution in [0.25, 0.3) is 82.8 Å². The van der Waals surface area contributed by atoms with Crippen LogP contribution in [0.3, 0.4) is 0 Å². The summed E-state index contributed by atoms with van der Waals surface area (Å²) < 4.78 is 268. The van der Waals surface area contributed by atoms with Crippen LogP contribution in [0.15, 0.2) is 230 Å². The quantitative estimate of drug-likeness (QED) is 0.155. The van der Waals surface area contributed by atoms with Crippen LogP contribution in [-0.4, -0.2) is 4.57 Å². The molecule has 63 heavy (non-hydrogen) atoms. The molecule has 1 aliphatic rings. The maximum Gasteiger partial charge on any atom is 0.0645 e. The fourth-order valence-corrected chi connectivity index (χ4v) is 8.28. The van der Waals surface area contributed by atoms with Gasteiger partial charge in [0, 0.05) is 46.9 Å². The molecule has 0 spiro atoms. The maximum atomic E-state index is 9.94. The molecular formula is C61H44N2. The zero-order valence-corrected chi connectivity index (χ0v) is 32.6. The number of hydrogen-bond acceptors (Lipinski definition) is 1. The zero-order chi connectivity index (χ0) is 67.1. The van der Waals surface area contributed by atoms with Crippen LogP contribution in [0.5, 0.6) is 0 Å². The predicted molar refractivity (Wildman–Crippen MR) is 267 cm³/mol. The molecule has 0 saturated carbocycles. The lowest BCUT2D eigenvalue weighted by Gasteiger charge is -2.28. The molecule has 1 aromatic heterocycles. The molecule has 12 rings (SSSR count). The van der Waals surface area contributed by atoms with Gasteiger partial charge in [0.15, 0.2) is 0 Å². The van der Waals surface area contributed by atoms with Crippen LogP contribution in [-0.2, 0) is 5.41 Å². The van der Waals surface area contributed by atoms with Crippen LogP contribution in [0.1, 0.15) is 64.6 Å². The Balaban J connectivity index is 1.19. The number of aromatic nitrogens is 1. The van der Waals surface area contributed by atoms with Crippen LogP contribution in [0.2, 0.25) is 0 Å². The minimum Gasteiger partial charge on any atom is -0.310 e. The Kier molecular flexibility index (Phi) is 4.13. The highest BCUT2D eigenvalue weighted by atomic mass is 15.1. The molecular weight excluding hydrogens is 761 g/mol. The average molecular weight is 834 g/mol. The summed E-state index contributed by atoms with van der Waals surface area (Å²) in [6.45, 7) is -7.72. The minimum absolute atomic E-state index is 0.120. The fraction of sp³-hybridized carbons (Fsp3) is 0.0492. The van der Waals surface area contributed by atoms with Gasteiger partial charge in [-0.3, -0.25) is 0 Å². The Bertz CT molecular complexity index is 5030. The molecule has 10 aromatic carbocycles. The summed E-state index contributed by atoms with van der Waals surface area (Å²) in [5.74, 6) is 0. The second-order valence-electron chi connectivity index (χ2n) is 14.7. The summed E-state index contributed by atoms with van der Waals surface area (Å²) in [4.78, 5) is 0.454. The summed E-state index contributed by atoms with van der Waals surface area (Å²) in [6.07, 6.45) is 0. The molecule has 0 unspecified atom stereocenters. The Morgan fingerprint density at radius 1 is 0.413 bits per heavy atom. The summed E-state index contributed by atoms with van der Waals surface area (Å²) >= 11 is 0. The van der Waals surface area contributed by atoms with E-state index >= 15 is 0 Å². The molecule has 11 aromatic rings. The third kappa shape index (κ3) is 6.02. The van der Waals surface area contributed by atoms with Crippen LogP contribution in [0.4, 0.5) is 17.1 Å². The van der Waals surface area contributed by atoms with Crippen molar-refractivity contribution < 1.29 is 39.8 Å². The first-order valence-corrected chi connectivity index (χ1v) is 19.6. The number of fused-ring (bicyclic) bond motifs is 7. The van der Waals surface area contributed by atoms with Gasteiger partial charge in [0.2, 0.25) is 0 Å². The molecule has 0 atom stereocenters. The van der Waals surface area contributed by atoms with Crippen LogP contribution < -0.4 is 4.90 Å². The summed E-state index contributed by atoms with van der Waals surface area (Å²) in [5, 5.41) is 3.19. The van der Waals surface area contributed by atoms with E-state index in [-0.39, 0.29) is 11.1 Å². The van der Waals surface area contributed by atoms with E-state index in [0.29, 0.717) is 21.9 Å². The van der Waals surface area contributed by atoms with Gasteiger partial charge >= 0.3 is 0 Å². The van der Waals surface area contributed by atoms with E-state index in [9.17, 15) is 15.1 Å². The van der Waals surface area contributed by atoms with Gasteiger partial charge in [-0.15, -0.1) is 0 Å². The summed E-state index contributed by atoms with van der Waals surface area (Å²) in [7, 11) is 0. The first kappa shape index (κ1) is 17.8. The van der Waals surface area contributed by atoms with Crippen molar-refractivity contribution in [2.45, 2.75) is 19.1 Å². The van der Waals surface area contributed by atoms with E-state index in [1.165, 1.54) is 0 Å². The molecule has 2 nitrogen and oxygen atoms in total. The molecule has 0 fully saturated rings. The van der Waals surface area contributed by atoms with Crippen molar-refractivity contribution in [1.29, 1.82) is 0 Å². The number of rotatable bonds is 7. The standard InChI is InChI=1S/C61H44N2/c1-61(2)56-24-12-10-22-52(56)53-37-36-48(40-57(53)61)62(47-34-29-44(30-35-47)50-20-9-8-19-49(50)42-15-4-3-5-16-42)46-32-27-41(28-33-46)45-31-38-60-55(39-45)54-23-11-13-25-59(54)63(60)58-26-14-18-43-17-6-7-21-51(43)58/h3-40H,1-2H3/i1D3,2D3,3D,4D,5D,8D,9D,10D,12D,15D,16D,19D,20D,22D,24D,27D,28D,29D,30D,32D,33D,34D,35D,36D,37D. The van der Waals surface area contributed by atoms with Crippen molar-refractivity contribution in [2.24, 2.45) is 0 Å². The third-order valence-corrected chi connectivity index (χ3v) is 11.2. The number of nitrogens with zero attached hydrogens (tertiary/aromatic N) is 2. The normalized spacial score (nSPS) is 19.7. The van der Waals surface area contributed by atoms with Gasteiger partial charge in [-0.05, 0) is 122 Å². The third-order valence-electron chi connectivity index (χ3n) is 11.2. The molecule has 1 aliphatic carbocycles. The average Bonchev–Trinajstić information content (AvgIpc) is 1.48. The molecule has 0 saturated heterocycles. The van der Waals surface area contributed by atoms with E-state index < -0.39 is 220 Å². The Labute approximate surface area is 409 Å². The Morgan fingerprint density at radius 3 is 1.76 bits per heavy atom. The van der Waals surface area contributed by atoms with E-state index in [1.54, 1.807) is 18.2 Å². The first-order valence-electron chi connectivity index (χ1n) is 34.1. The van der Waals surface area contributed by atoms with Gasteiger partial charge in [0.1, 0.15) is 0 Å². The van der Waals surface area contributed by atoms with Crippen molar-refractivity contribution in [3.05, 3.63) is 241 Å². The Hall–Kier alpha value is -7.94. The predicted octanol–water partition coefficient (Wildman–Crippen LogP) is 16.7. The zero-order valence-electron chi connectivity index (χ0n) is 61.6. The highest BCUT2D eigenvalue weighted by Crippen LogP contribution is 2.51. The molecule has 2 heteroatoms. The number of para-hydroxylation sites is 1. The highest BCUT2D eigenvalue weighted by Gasteiger charge is 2.35. The number of anilines is 3. The number of benzene rings is 10. The van der Waals surface area contributed by atoms with Crippen molar-refractivity contribution >= 4 is 49.6 Å². The lowest BCUT2D eigenvalue weighted by atomic mass is 9.82. The van der Waals surface area contributed by atoms with Crippen molar-refractivity contribution in [2.75, 3.05) is 4.90 Å². The second-order valence-corrected chi connectivity index (χ2v) is 14.7. The monoisotopic (exact) mass is 834 g/mol. The molecule has 1 heterocycles. The topological polar surface area (TPSA) is 8.17 Å². The van der Waals surface area contributed by atoms with Gasteiger partial charge in [-0.2, -0.15) is 0 Å². The van der Waals surface area contributed by atoms with E-state index in [4.69, 9.17) is 24.7 Å². The first-order chi connectivity index (χ1) is 43.1. The maximum absolute atomic E-state index is 9.94. The molecule has 0 N–H and O–H groups in total. The van der Waals surface area contributed by atoms with Gasteiger partial charge < -0.3 is 9.47 Å². The van der Waals surface area contributed by atoms with E-state index in [0.717, 1.165) is 27.4 Å². The fourth-order valence-electron chi connectivity index (χ4n) is 8.28. The molecule has 0 aliphatic heterocycles. The molecule has 0 radical (unpaired) electrons. The molecule has 0 amide bonds. The van der Waals surface area contributed by atoms with Crippen LogP contribution >= 0.6 is 0 Å². The minimum atomic E-state index is -3.86. The van der Waals surface area contributed by atoms with E-state index in [2.05, 4.69) is 0 Å². The second kappa shape index (κ2) is 14.6. The van der Waals surface area contributed by atoms with Crippen molar-refractivity contribution in [3.8, 4) is 50.2 Å². The van der Waals surface area contributed by atoms with Gasteiger partial charge in [0.05, 0.1) is 48.2 Å². The van der Waals surface area contributed by atoms with Crippen LogP contribution in [0, 0.1) is 0 Å².